The van der Waals surface area contributed by atoms with Crippen LogP contribution in [0.15, 0.2) is 4.52 Å². The number of aliphatic hydroxyl groups excluding tert-OH is 1. The van der Waals surface area contributed by atoms with E-state index < -0.39 is 0 Å². The van der Waals surface area contributed by atoms with Crippen molar-refractivity contribution in [3.05, 3.63) is 11.7 Å². The number of thioether (sulfide) groups is 1. The zero-order valence-electron chi connectivity index (χ0n) is 10.4. The molecule has 0 saturated heterocycles. The molecule has 0 saturated carbocycles. The SMILES string of the molecule is C[C@H](CCO)SCc1nc(C(C)(C)C)no1. The van der Waals surface area contributed by atoms with Gasteiger partial charge in [0.15, 0.2) is 5.82 Å². The molecule has 0 aromatic carbocycles. The minimum Gasteiger partial charge on any atom is -0.396 e. The third-order valence-corrected chi connectivity index (χ3v) is 3.38. The van der Waals surface area contributed by atoms with Gasteiger partial charge in [0.1, 0.15) is 0 Å². The first-order valence-electron chi connectivity index (χ1n) is 5.49. The molecule has 1 atom stereocenters. The molecule has 0 unspecified atom stereocenters. The largest absolute Gasteiger partial charge is 0.396 e. The Morgan fingerprint density at radius 3 is 2.62 bits per heavy atom. The van der Waals surface area contributed by atoms with Gasteiger partial charge in [0.05, 0.1) is 5.75 Å². The Morgan fingerprint density at radius 1 is 1.44 bits per heavy atom. The molecule has 1 aromatic heterocycles. The summed E-state index contributed by atoms with van der Waals surface area (Å²) in [6.07, 6.45) is 0.797. The van der Waals surface area contributed by atoms with E-state index in [9.17, 15) is 0 Å². The normalized spacial score (nSPS) is 14.1. The highest BCUT2D eigenvalue weighted by atomic mass is 32.2. The van der Waals surface area contributed by atoms with Crippen LogP contribution in [0.4, 0.5) is 0 Å². The van der Waals surface area contributed by atoms with E-state index in [-0.39, 0.29) is 12.0 Å². The highest BCUT2D eigenvalue weighted by molar-refractivity contribution is 7.99. The van der Waals surface area contributed by atoms with Crippen LogP contribution in [0.3, 0.4) is 0 Å². The monoisotopic (exact) mass is 244 g/mol. The highest BCUT2D eigenvalue weighted by Gasteiger charge is 2.20. The fraction of sp³-hybridized carbons (Fsp3) is 0.818. The molecule has 1 heterocycles. The molecule has 1 rings (SSSR count). The van der Waals surface area contributed by atoms with Gasteiger partial charge < -0.3 is 9.63 Å². The van der Waals surface area contributed by atoms with E-state index in [1.807, 2.05) is 0 Å². The number of nitrogens with zero attached hydrogens (tertiary/aromatic N) is 2. The Balaban J connectivity index is 2.47. The fourth-order valence-electron chi connectivity index (χ4n) is 1.10. The lowest BCUT2D eigenvalue weighted by Crippen LogP contribution is -2.13. The fourth-order valence-corrected chi connectivity index (χ4v) is 1.91. The van der Waals surface area contributed by atoms with Crippen molar-refractivity contribution in [1.29, 1.82) is 0 Å². The van der Waals surface area contributed by atoms with Gasteiger partial charge in [0.2, 0.25) is 5.89 Å². The lowest BCUT2D eigenvalue weighted by atomic mass is 9.96. The molecule has 0 spiro atoms. The molecule has 5 heteroatoms. The first-order chi connectivity index (χ1) is 7.43. The Labute approximate surface area is 101 Å². The summed E-state index contributed by atoms with van der Waals surface area (Å²) in [4.78, 5) is 4.35. The number of aromatic nitrogens is 2. The molecule has 0 amide bonds. The second-order valence-electron chi connectivity index (χ2n) is 4.90. The van der Waals surface area contributed by atoms with Crippen LogP contribution in [-0.2, 0) is 11.2 Å². The summed E-state index contributed by atoms with van der Waals surface area (Å²) in [6.45, 7) is 8.49. The Morgan fingerprint density at radius 2 is 2.12 bits per heavy atom. The summed E-state index contributed by atoms with van der Waals surface area (Å²) >= 11 is 1.72. The number of hydrogen-bond acceptors (Lipinski definition) is 5. The molecule has 92 valence electrons. The zero-order valence-corrected chi connectivity index (χ0v) is 11.2. The first-order valence-corrected chi connectivity index (χ1v) is 6.54. The zero-order chi connectivity index (χ0) is 12.2. The predicted octanol–water partition coefficient (Wildman–Crippen LogP) is 2.37. The van der Waals surface area contributed by atoms with Gasteiger partial charge in [-0.2, -0.15) is 4.98 Å². The summed E-state index contributed by atoms with van der Waals surface area (Å²) in [7, 11) is 0. The van der Waals surface area contributed by atoms with Crippen LogP contribution in [0.2, 0.25) is 0 Å². The Hall–Kier alpha value is -0.550. The van der Waals surface area contributed by atoms with Crippen molar-refractivity contribution >= 4 is 11.8 Å². The van der Waals surface area contributed by atoms with Crippen molar-refractivity contribution in [3.63, 3.8) is 0 Å². The molecule has 1 aromatic rings. The van der Waals surface area contributed by atoms with Gasteiger partial charge in [-0.1, -0.05) is 32.9 Å². The quantitative estimate of drug-likeness (QED) is 0.861. The molecule has 1 N–H and O–H groups in total. The van der Waals surface area contributed by atoms with Crippen LogP contribution >= 0.6 is 11.8 Å². The van der Waals surface area contributed by atoms with E-state index >= 15 is 0 Å². The van der Waals surface area contributed by atoms with Gasteiger partial charge in [0.25, 0.3) is 0 Å². The van der Waals surface area contributed by atoms with Crippen molar-refractivity contribution in [1.82, 2.24) is 10.1 Å². The molecule has 4 nitrogen and oxygen atoms in total. The van der Waals surface area contributed by atoms with Crippen LogP contribution in [0, 0.1) is 0 Å². The van der Waals surface area contributed by atoms with Gasteiger partial charge in [-0.15, -0.1) is 11.8 Å². The van der Waals surface area contributed by atoms with Gasteiger partial charge >= 0.3 is 0 Å². The van der Waals surface area contributed by atoms with Crippen molar-refractivity contribution in [3.8, 4) is 0 Å². The van der Waals surface area contributed by atoms with E-state index in [0.717, 1.165) is 12.2 Å². The lowest BCUT2D eigenvalue weighted by molar-refractivity contribution is 0.289. The second kappa shape index (κ2) is 5.68. The smallest absolute Gasteiger partial charge is 0.236 e. The number of aliphatic hydroxyl groups is 1. The van der Waals surface area contributed by atoms with E-state index in [1.165, 1.54) is 0 Å². The van der Waals surface area contributed by atoms with Crippen molar-refractivity contribution in [2.24, 2.45) is 0 Å². The van der Waals surface area contributed by atoms with Crippen molar-refractivity contribution in [2.45, 2.75) is 50.5 Å². The molecule has 0 bridgehead atoms. The van der Waals surface area contributed by atoms with Crippen LogP contribution in [-0.4, -0.2) is 27.1 Å². The summed E-state index contributed by atoms with van der Waals surface area (Å²) < 4.78 is 5.18. The van der Waals surface area contributed by atoms with Crippen LogP contribution in [0.1, 0.15) is 45.8 Å². The standard InChI is InChI=1S/C11H20N2O2S/c1-8(5-6-14)16-7-9-12-10(13-15-9)11(2,3)4/h8,14H,5-7H2,1-4H3/t8-/m1/s1. The maximum atomic E-state index is 8.78. The molecule has 0 aliphatic carbocycles. The Bertz CT molecular complexity index is 320. The third kappa shape index (κ3) is 4.14. The van der Waals surface area contributed by atoms with Gasteiger partial charge in [-0.25, -0.2) is 0 Å². The topological polar surface area (TPSA) is 59.2 Å². The molecular formula is C11H20N2O2S. The van der Waals surface area contributed by atoms with Crippen molar-refractivity contribution < 1.29 is 9.63 Å². The average molecular weight is 244 g/mol. The molecule has 16 heavy (non-hydrogen) atoms. The summed E-state index contributed by atoms with van der Waals surface area (Å²) in [6, 6.07) is 0. The summed E-state index contributed by atoms with van der Waals surface area (Å²) in [5, 5.41) is 13.2. The van der Waals surface area contributed by atoms with E-state index in [0.29, 0.717) is 16.9 Å². The minimum atomic E-state index is -0.0663. The summed E-state index contributed by atoms with van der Waals surface area (Å²) in [5.74, 6) is 2.13. The second-order valence-corrected chi connectivity index (χ2v) is 6.32. The van der Waals surface area contributed by atoms with E-state index in [1.54, 1.807) is 11.8 Å². The van der Waals surface area contributed by atoms with Crippen LogP contribution in [0.5, 0.6) is 0 Å². The molecule has 0 radical (unpaired) electrons. The van der Waals surface area contributed by atoms with Crippen LogP contribution < -0.4 is 0 Å². The maximum absolute atomic E-state index is 8.78. The third-order valence-electron chi connectivity index (χ3n) is 2.17. The molecule has 0 aliphatic rings. The molecule has 0 fully saturated rings. The Kier molecular flexibility index (Phi) is 4.80. The van der Waals surface area contributed by atoms with Crippen LogP contribution in [0.25, 0.3) is 0 Å². The minimum absolute atomic E-state index is 0.0663. The van der Waals surface area contributed by atoms with E-state index in [2.05, 4.69) is 37.8 Å². The number of rotatable bonds is 5. The van der Waals surface area contributed by atoms with E-state index in [4.69, 9.17) is 9.63 Å². The average Bonchev–Trinajstić information content (AvgIpc) is 2.63. The van der Waals surface area contributed by atoms with Crippen molar-refractivity contribution in [2.75, 3.05) is 6.61 Å². The predicted molar refractivity (Wildman–Crippen MR) is 65.5 cm³/mol. The summed E-state index contributed by atoms with van der Waals surface area (Å²) in [5.41, 5.74) is -0.0663. The van der Waals surface area contributed by atoms with Gasteiger partial charge in [-0.3, -0.25) is 0 Å². The number of hydrogen-bond donors (Lipinski definition) is 1. The van der Waals surface area contributed by atoms with Gasteiger partial charge in [-0.05, 0) is 6.42 Å². The molecular weight excluding hydrogens is 224 g/mol. The maximum Gasteiger partial charge on any atom is 0.236 e. The molecule has 0 aliphatic heterocycles. The first kappa shape index (κ1) is 13.5. The highest BCUT2D eigenvalue weighted by Crippen LogP contribution is 2.22. The van der Waals surface area contributed by atoms with Gasteiger partial charge in [0, 0.05) is 17.3 Å². The lowest BCUT2D eigenvalue weighted by Gasteiger charge is -2.11.